The van der Waals surface area contributed by atoms with Gasteiger partial charge in [-0.25, -0.2) is 4.98 Å². The molecule has 1 aliphatic carbocycles. The fourth-order valence-corrected chi connectivity index (χ4v) is 10.4. The van der Waals surface area contributed by atoms with E-state index < -0.39 is 0 Å². The van der Waals surface area contributed by atoms with Gasteiger partial charge in [0, 0.05) is 50.1 Å². The fourth-order valence-electron chi connectivity index (χ4n) is 10.4. The molecule has 3 unspecified atom stereocenters. The predicted octanol–water partition coefficient (Wildman–Crippen LogP) is 6.16. The molecule has 2 amide bonds. The molecule has 1 N–H and O–H groups in total. The van der Waals surface area contributed by atoms with Gasteiger partial charge in [0.1, 0.15) is 5.82 Å². The minimum Gasteiger partial charge on any atom is -0.353 e. The number of nitrogens with zero attached hydrogens (tertiary/aromatic N) is 4. The molecule has 5 heterocycles. The highest BCUT2D eigenvalue weighted by Gasteiger charge is 2.45. The lowest BCUT2D eigenvalue weighted by Crippen LogP contribution is -2.49. The van der Waals surface area contributed by atoms with E-state index in [1.54, 1.807) is 0 Å². The van der Waals surface area contributed by atoms with Gasteiger partial charge in [0.15, 0.2) is 0 Å². The summed E-state index contributed by atoms with van der Waals surface area (Å²) in [5, 5.41) is 3.21. The van der Waals surface area contributed by atoms with Crippen molar-refractivity contribution in [2.45, 2.75) is 114 Å². The van der Waals surface area contributed by atoms with Gasteiger partial charge >= 0.3 is 0 Å². The molecule has 7 heteroatoms. The number of fused-ring (bicyclic) bond motifs is 4. The van der Waals surface area contributed by atoms with Crippen LogP contribution < -0.4 is 5.32 Å². The van der Waals surface area contributed by atoms with Crippen molar-refractivity contribution >= 4 is 22.8 Å². The topological polar surface area (TPSA) is 70.5 Å². The van der Waals surface area contributed by atoms with Crippen molar-refractivity contribution in [1.29, 1.82) is 0 Å². The van der Waals surface area contributed by atoms with Crippen molar-refractivity contribution in [3.63, 3.8) is 0 Å². The number of hydrogen-bond donors (Lipinski definition) is 1. The highest BCUT2D eigenvalue weighted by atomic mass is 16.2. The molecule has 0 spiro atoms. The Morgan fingerprint density at radius 3 is 2.44 bits per heavy atom. The molecule has 5 fully saturated rings. The van der Waals surface area contributed by atoms with Gasteiger partial charge in [-0.15, -0.1) is 0 Å². The van der Waals surface area contributed by atoms with Crippen LogP contribution in [0.15, 0.2) is 54.6 Å². The molecule has 1 saturated carbocycles. The zero-order valence-corrected chi connectivity index (χ0v) is 26.9. The van der Waals surface area contributed by atoms with Gasteiger partial charge in [0.25, 0.3) is 0 Å². The van der Waals surface area contributed by atoms with Crippen LogP contribution in [0.5, 0.6) is 0 Å². The largest absolute Gasteiger partial charge is 0.353 e. The molecule has 238 valence electrons. The second kappa shape index (κ2) is 11.9. The normalized spacial score (nSPS) is 31.2. The first-order valence-corrected chi connectivity index (χ1v) is 17.8. The van der Waals surface area contributed by atoms with Crippen molar-refractivity contribution in [3.05, 3.63) is 66.0 Å². The summed E-state index contributed by atoms with van der Waals surface area (Å²) in [4.78, 5) is 35.6. The third-order valence-corrected chi connectivity index (χ3v) is 12.7. The van der Waals surface area contributed by atoms with E-state index in [0.29, 0.717) is 48.7 Å². The van der Waals surface area contributed by atoms with E-state index in [9.17, 15) is 9.59 Å². The molecule has 45 heavy (non-hydrogen) atoms. The second-order valence-corrected chi connectivity index (χ2v) is 15.0. The Labute approximate surface area is 267 Å². The van der Waals surface area contributed by atoms with E-state index in [1.807, 2.05) is 0 Å². The molecular weight excluding hydrogens is 558 g/mol. The molecule has 4 saturated heterocycles. The molecule has 7 nitrogen and oxygen atoms in total. The van der Waals surface area contributed by atoms with Gasteiger partial charge in [0.05, 0.1) is 11.0 Å². The van der Waals surface area contributed by atoms with Gasteiger partial charge in [0.2, 0.25) is 11.8 Å². The number of aryl methyl sites for hydroxylation is 1. The lowest BCUT2D eigenvalue weighted by Gasteiger charge is -2.46. The van der Waals surface area contributed by atoms with Gasteiger partial charge in [-0.2, -0.15) is 0 Å². The first-order valence-electron chi connectivity index (χ1n) is 17.8. The van der Waals surface area contributed by atoms with Gasteiger partial charge in [-0.05, 0) is 106 Å². The lowest BCUT2D eigenvalue weighted by molar-refractivity contribution is -0.134. The minimum atomic E-state index is 0.112. The smallest absolute Gasteiger partial charge is 0.222 e. The Morgan fingerprint density at radius 1 is 0.933 bits per heavy atom. The number of likely N-dealkylation sites (tertiary alicyclic amines) is 1. The van der Waals surface area contributed by atoms with E-state index in [0.717, 1.165) is 69.5 Å². The lowest BCUT2D eigenvalue weighted by atomic mass is 9.70. The average molecular weight is 608 g/mol. The predicted molar refractivity (Wildman–Crippen MR) is 177 cm³/mol. The van der Waals surface area contributed by atoms with Crippen LogP contribution in [0, 0.1) is 18.8 Å². The number of aromatic nitrogens is 2. The van der Waals surface area contributed by atoms with Crippen molar-refractivity contribution in [3.8, 4) is 0 Å². The Hall–Kier alpha value is -3.19. The van der Waals surface area contributed by atoms with Crippen molar-refractivity contribution in [2.24, 2.45) is 11.8 Å². The third kappa shape index (κ3) is 5.39. The first kappa shape index (κ1) is 29.2. The van der Waals surface area contributed by atoms with E-state index in [1.165, 1.54) is 36.8 Å². The fraction of sp³-hybridized carbons (Fsp3) is 0.605. The summed E-state index contributed by atoms with van der Waals surface area (Å²) in [6, 6.07) is 21.8. The van der Waals surface area contributed by atoms with Crippen LogP contribution in [-0.4, -0.2) is 68.9 Å². The number of imidazole rings is 1. The Morgan fingerprint density at radius 2 is 1.67 bits per heavy atom. The molecule has 4 aliphatic heterocycles. The maximum Gasteiger partial charge on any atom is 0.222 e. The van der Waals surface area contributed by atoms with Crippen LogP contribution in [-0.2, 0) is 15.0 Å². The Balaban J connectivity index is 0.933. The highest BCUT2D eigenvalue weighted by Crippen LogP contribution is 2.45. The minimum absolute atomic E-state index is 0.112. The molecule has 0 radical (unpaired) electrons. The van der Waals surface area contributed by atoms with Crippen molar-refractivity contribution in [1.82, 2.24) is 24.7 Å². The number of nitrogens with one attached hydrogen (secondary N) is 1. The summed E-state index contributed by atoms with van der Waals surface area (Å²) in [6.07, 6.45) is 12.8. The van der Waals surface area contributed by atoms with Crippen molar-refractivity contribution in [2.75, 3.05) is 19.6 Å². The molecule has 8 rings (SSSR count). The zero-order chi connectivity index (χ0) is 30.5. The number of amides is 2. The first-order chi connectivity index (χ1) is 22.0. The Kier molecular flexibility index (Phi) is 7.71. The quantitative estimate of drug-likeness (QED) is 0.350. The molecule has 2 aromatic carbocycles. The molecule has 6 atom stereocenters. The van der Waals surface area contributed by atoms with E-state index in [4.69, 9.17) is 4.98 Å². The maximum atomic E-state index is 13.6. The zero-order valence-electron chi connectivity index (χ0n) is 26.9. The average Bonchev–Trinajstić information content (AvgIpc) is 3.69. The van der Waals surface area contributed by atoms with Crippen LogP contribution >= 0.6 is 0 Å². The van der Waals surface area contributed by atoms with Crippen molar-refractivity contribution < 1.29 is 9.59 Å². The molecular formula is C38H49N5O2. The molecule has 3 aromatic rings. The number of piperidine rings is 2. The summed E-state index contributed by atoms with van der Waals surface area (Å²) in [7, 11) is 0. The standard InChI is InChI=1S/C38H49N5O2/c1-26-39-33-12-5-6-13-34(33)43(26)32-24-30-14-15-31(25-32)42(30)21-18-38(29-10-3-2-4-11-29)16-19-41(20-17-38)36(45)23-28-9-7-8-27-22-35(44)40-37(27)28/h2-6,10-13,27-28,30-32,37H,7-9,14-25H2,1H3,(H,40,44)/t27?,28?,30-,31+,32+,37?. The summed E-state index contributed by atoms with van der Waals surface area (Å²) < 4.78 is 2.53. The second-order valence-electron chi connectivity index (χ2n) is 15.0. The van der Waals surface area contributed by atoms with Crippen LogP contribution in [0.4, 0.5) is 0 Å². The Bertz CT molecular complexity index is 1530. The van der Waals surface area contributed by atoms with E-state index >= 15 is 0 Å². The van der Waals surface area contributed by atoms with Crippen LogP contribution in [0.1, 0.15) is 94.5 Å². The van der Waals surface area contributed by atoms with Crippen LogP contribution in [0.2, 0.25) is 0 Å². The SMILES string of the molecule is Cc1nc2ccccc2n1[C@H]1C[C@H]2CC[C@@H](C1)N2CCC1(c2ccccc2)CCN(C(=O)CC2CCCC3CC(=O)NC32)CC1. The molecule has 1 aromatic heterocycles. The van der Waals surface area contributed by atoms with Crippen LogP contribution in [0.25, 0.3) is 11.0 Å². The van der Waals surface area contributed by atoms with Crippen LogP contribution in [0.3, 0.4) is 0 Å². The summed E-state index contributed by atoms with van der Waals surface area (Å²) >= 11 is 0. The highest BCUT2D eigenvalue weighted by molar-refractivity contribution is 5.80. The molecule has 2 bridgehead atoms. The molecule has 5 aliphatic rings. The monoisotopic (exact) mass is 607 g/mol. The third-order valence-electron chi connectivity index (χ3n) is 12.7. The summed E-state index contributed by atoms with van der Waals surface area (Å²) in [5.41, 5.74) is 3.96. The van der Waals surface area contributed by atoms with Gasteiger partial charge in [-0.1, -0.05) is 48.9 Å². The number of hydrogen-bond acceptors (Lipinski definition) is 4. The maximum absolute atomic E-state index is 13.6. The number of benzene rings is 2. The number of para-hydroxylation sites is 2. The van der Waals surface area contributed by atoms with E-state index in [2.05, 4.69) is 81.2 Å². The number of carbonyl (C=O) groups excluding carboxylic acids is 2. The van der Waals surface area contributed by atoms with Gasteiger partial charge < -0.3 is 14.8 Å². The number of rotatable bonds is 7. The van der Waals surface area contributed by atoms with E-state index in [-0.39, 0.29) is 17.4 Å². The summed E-state index contributed by atoms with van der Waals surface area (Å²) in [5.74, 6) is 2.35. The summed E-state index contributed by atoms with van der Waals surface area (Å²) in [6.45, 7) is 4.98. The number of carbonyl (C=O) groups is 2. The van der Waals surface area contributed by atoms with Gasteiger partial charge in [-0.3, -0.25) is 14.5 Å².